The maximum Gasteiger partial charge on any atom is 0.164 e. The van der Waals surface area contributed by atoms with Gasteiger partial charge in [-0.05, 0) is 44.7 Å². The molecule has 5 nitrogen and oxygen atoms in total. The van der Waals surface area contributed by atoms with Gasteiger partial charge in [-0.15, -0.1) is 5.10 Å². The molecular formula is C17H24FN3O2. The Morgan fingerprint density at radius 2 is 1.78 bits per heavy atom. The van der Waals surface area contributed by atoms with Crippen LogP contribution >= 0.6 is 0 Å². The Balaban J connectivity index is 2.24. The fourth-order valence-corrected chi connectivity index (χ4v) is 2.48. The van der Waals surface area contributed by atoms with Gasteiger partial charge in [0.05, 0.1) is 18.9 Å². The van der Waals surface area contributed by atoms with Crippen LogP contribution in [0.3, 0.4) is 0 Å². The summed E-state index contributed by atoms with van der Waals surface area (Å²) in [5.41, 5.74) is 1.45. The summed E-state index contributed by atoms with van der Waals surface area (Å²) in [5.74, 6) is 0.703. The van der Waals surface area contributed by atoms with Gasteiger partial charge in [-0.2, -0.15) is 0 Å². The summed E-state index contributed by atoms with van der Waals surface area (Å²) >= 11 is 0. The van der Waals surface area contributed by atoms with Gasteiger partial charge in [-0.1, -0.05) is 12.1 Å². The molecule has 0 bridgehead atoms. The van der Waals surface area contributed by atoms with Crippen molar-refractivity contribution >= 4 is 0 Å². The number of nitrogens with zero attached hydrogens (tertiary/aromatic N) is 3. The van der Waals surface area contributed by atoms with Gasteiger partial charge in [0.15, 0.2) is 11.5 Å². The summed E-state index contributed by atoms with van der Waals surface area (Å²) in [6.07, 6.45) is 2.52. The molecule has 1 unspecified atom stereocenters. The van der Waals surface area contributed by atoms with Gasteiger partial charge in [0.2, 0.25) is 0 Å². The Bertz CT molecular complexity index is 643. The lowest BCUT2D eigenvalue weighted by Crippen LogP contribution is -2.05. The van der Waals surface area contributed by atoms with Crippen LogP contribution in [0, 0.1) is 5.82 Å². The van der Waals surface area contributed by atoms with E-state index in [0.717, 1.165) is 12.2 Å². The van der Waals surface area contributed by atoms with E-state index in [4.69, 9.17) is 9.47 Å². The molecule has 0 N–H and O–H groups in total. The molecule has 1 atom stereocenters. The highest BCUT2D eigenvalue weighted by Gasteiger charge is 2.18. The van der Waals surface area contributed by atoms with E-state index in [1.54, 1.807) is 10.7 Å². The summed E-state index contributed by atoms with van der Waals surface area (Å²) < 4.78 is 27.2. The van der Waals surface area contributed by atoms with Gasteiger partial charge < -0.3 is 9.47 Å². The lowest BCUT2D eigenvalue weighted by molar-refractivity contribution is 0.285. The van der Waals surface area contributed by atoms with Gasteiger partial charge in [-0.25, -0.2) is 4.39 Å². The minimum Gasteiger partial charge on any atom is -0.490 e. The first-order valence-corrected chi connectivity index (χ1v) is 8.07. The molecule has 0 aliphatic rings. The maximum absolute atomic E-state index is 14.4. The standard InChI is InChI=1S/C17H24FN3O2/c1-5-21-11-13(19-20-21)8-12(4)14-9-16(22-6-2)17(23-7-3)10-15(14)18/h9-12H,5-8H2,1-4H3. The minimum absolute atomic E-state index is 0.0353. The number of rotatable bonds is 8. The third-order valence-electron chi connectivity index (χ3n) is 3.62. The van der Waals surface area contributed by atoms with Crippen LogP contribution in [-0.4, -0.2) is 28.2 Å². The molecule has 1 aromatic heterocycles. The smallest absolute Gasteiger partial charge is 0.164 e. The topological polar surface area (TPSA) is 49.2 Å². The summed E-state index contributed by atoms with van der Waals surface area (Å²) in [7, 11) is 0. The van der Waals surface area contributed by atoms with Crippen molar-refractivity contribution in [1.82, 2.24) is 15.0 Å². The van der Waals surface area contributed by atoms with E-state index >= 15 is 0 Å². The number of benzene rings is 1. The molecule has 6 heteroatoms. The zero-order chi connectivity index (χ0) is 16.8. The second-order valence-corrected chi connectivity index (χ2v) is 5.36. The quantitative estimate of drug-likeness (QED) is 0.745. The summed E-state index contributed by atoms with van der Waals surface area (Å²) in [6.45, 7) is 9.47. The maximum atomic E-state index is 14.4. The Kier molecular flexibility index (Phi) is 5.96. The molecule has 0 radical (unpaired) electrons. The highest BCUT2D eigenvalue weighted by molar-refractivity contribution is 5.45. The van der Waals surface area contributed by atoms with Crippen LogP contribution in [0.4, 0.5) is 4.39 Å². The van der Waals surface area contributed by atoms with E-state index in [0.29, 0.717) is 36.7 Å². The van der Waals surface area contributed by atoms with E-state index in [2.05, 4.69) is 10.3 Å². The highest BCUT2D eigenvalue weighted by Crippen LogP contribution is 2.34. The molecular weight excluding hydrogens is 297 g/mol. The second kappa shape index (κ2) is 7.94. The lowest BCUT2D eigenvalue weighted by atomic mass is 9.95. The molecule has 1 aromatic carbocycles. The van der Waals surface area contributed by atoms with Crippen molar-refractivity contribution < 1.29 is 13.9 Å². The van der Waals surface area contributed by atoms with Crippen molar-refractivity contribution in [3.05, 3.63) is 35.4 Å². The first kappa shape index (κ1) is 17.2. The lowest BCUT2D eigenvalue weighted by Gasteiger charge is -2.16. The van der Waals surface area contributed by atoms with Crippen LogP contribution in [0.1, 0.15) is 44.9 Å². The third-order valence-corrected chi connectivity index (χ3v) is 3.62. The molecule has 2 rings (SSSR count). The predicted molar refractivity (Wildman–Crippen MR) is 86.6 cm³/mol. The molecule has 1 heterocycles. The van der Waals surface area contributed by atoms with Crippen LogP contribution in [0.2, 0.25) is 0 Å². The molecule has 0 spiro atoms. The van der Waals surface area contributed by atoms with Crippen molar-refractivity contribution in [2.24, 2.45) is 0 Å². The van der Waals surface area contributed by atoms with Crippen LogP contribution < -0.4 is 9.47 Å². The summed E-state index contributed by atoms with van der Waals surface area (Å²) in [5, 5.41) is 8.14. The Labute approximate surface area is 136 Å². The van der Waals surface area contributed by atoms with Gasteiger partial charge in [0.25, 0.3) is 0 Å². The number of aryl methyl sites for hydroxylation is 1. The largest absolute Gasteiger partial charge is 0.490 e. The molecule has 2 aromatic rings. The number of ether oxygens (including phenoxy) is 2. The molecule has 0 saturated carbocycles. The number of halogens is 1. The Morgan fingerprint density at radius 3 is 2.35 bits per heavy atom. The molecule has 23 heavy (non-hydrogen) atoms. The van der Waals surface area contributed by atoms with E-state index in [-0.39, 0.29) is 11.7 Å². The van der Waals surface area contributed by atoms with Crippen molar-refractivity contribution in [2.75, 3.05) is 13.2 Å². The van der Waals surface area contributed by atoms with Crippen molar-refractivity contribution in [3.8, 4) is 11.5 Å². The molecule has 126 valence electrons. The van der Waals surface area contributed by atoms with Crippen LogP contribution in [0.25, 0.3) is 0 Å². The van der Waals surface area contributed by atoms with Crippen LogP contribution in [-0.2, 0) is 13.0 Å². The molecule has 0 amide bonds. The van der Waals surface area contributed by atoms with Gasteiger partial charge in [0, 0.05) is 18.8 Å². The molecule has 0 fully saturated rings. The van der Waals surface area contributed by atoms with Crippen molar-refractivity contribution in [3.63, 3.8) is 0 Å². The van der Waals surface area contributed by atoms with Crippen molar-refractivity contribution in [2.45, 2.75) is 46.6 Å². The minimum atomic E-state index is -0.285. The Morgan fingerprint density at radius 1 is 1.13 bits per heavy atom. The van der Waals surface area contributed by atoms with E-state index < -0.39 is 0 Å². The molecule has 0 aliphatic heterocycles. The number of hydrogen-bond donors (Lipinski definition) is 0. The summed E-state index contributed by atoms with van der Waals surface area (Å²) in [6, 6.07) is 3.14. The first-order chi connectivity index (χ1) is 11.1. The monoisotopic (exact) mass is 321 g/mol. The normalized spacial score (nSPS) is 12.2. The third kappa shape index (κ3) is 4.21. The highest BCUT2D eigenvalue weighted by atomic mass is 19.1. The zero-order valence-corrected chi connectivity index (χ0v) is 14.2. The average molecular weight is 321 g/mol. The van der Waals surface area contributed by atoms with Crippen LogP contribution in [0.5, 0.6) is 11.5 Å². The predicted octanol–water partition coefficient (Wildman–Crippen LogP) is 3.58. The van der Waals surface area contributed by atoms with Crippen molar-refractivity contribution in [1.29, 1.82) is 0 Å². The average Bonchev–Trinajstić information content (AvgIpc) is 2.97. The molecule has 0 saturated heterocycles. The van der Waals surface area contributed by atoms with E-state index in [1.807, 2.05) is 33.9 Å². The van der Waals surface area contributed by atoms with Gasteiger partial charge in [-0.3, -0.25) is 4.68 Å². The van der Waals surface area contributed by atoms with E-state index in [1.165, 1.54) is 6.07 Å². The number of hydrogen-bond acceptors (Lipinski definition) is 4. The summed E-state index contributed by atoms with van der Waals surface area (Å²) in [4.78, 5) is 0. The zero-order valence-electron chi connectivity index (χ0n) is 14.2. The first-order valence-electron chi connectivity index (χ1n) is 8.07. The van der Waals surface area contributed by atoms with Gasteiger partial charge in [0.1, 0.15) is 5.82 Å². The van der Waals surface area contributed by atoms with E-state index in [9.17, 15) is 4.39 Å². The van der Waals surface area contributed by atoms with Gasteiger partial charge >= 0.3 is 0 Å². The fraction of sp³-hybridized carbons (Fsp3) is 0.529. The second-order valence-electron chi connectivity index (χ2n) is 5.36. The number of aromatic nitrogens is 3. The van der Waals surface area contributed by atoms with Crippen LogP contribution in [0.15, 0.2) is 18.3 Å². The fourth-order valence-electron chi connectivity index (χ4n) is 2.48. The molecule has 0 aliphatic carbocycles. The Hall–Kier alpha value is -2.11. The SMILES string of the molecule is CCOc1cc(F)c(C(C)Cc2cn(CC)nn2)cc1OCC.